The van der Waals surface area contributed by atoms with Crippen LogP contribution in [0.1, 0.15) is 27.7 Å². The molecule has 6 heteroatoms. The van der Waals surface area contributed by atoms with Crippen LogP contribution >= 0.6 is 0 Å². The molecule has 2 aromatic rings. The molecule has 0 saturated heterocycles. The van der Waals surface area contributed by atoms with Gasteiger partial charge in [0.25, 0.3) is 0 Å². The maximum Gasteiger partial charge on any atom is 0.364 e. The summed E-state index contributed by atoms with van der Waals surface area (Å²) < 4.78 is 1.27. The second-order valence-corrected chi connectivity index (χ2v) is 6.39. The highest BCUT2D eigenvalue weighted by atomic mass is 16.2. The summed E-state index contributed by atoms with van der Waals surface area (Å²) in [5.74, 6) is 1.31. The third-order valence-corrected chi connectivity index (χ3v) is 5.08. The van der Waals surface area contributed by atoms with Gasteiger partial charge in [-0.2, -0.15) is 9.61 Å². The lowest BCUT2D eigenvalue weighted by Gasteiger charge is -2.06. The predicted octanol–water partition coefficient (Wildman–Crippen LogP) is 1.51. The van der Waals surface area contributed by atoms with Crippen molar-refractivity contribution in [3.05, 3.63) is 22.6 Å². The summed E-state index contributed by atoms with van der Waals surface area (Å²) in [5, 5.41) is 13.8. The fourth-order valence-corrected chi connectivity index (χ4v) is 2.95. The van der Waals surface area contributed by atoms with E-state index >= 15 is 0 Å². The molecule has 19 heavy (non-hydrogen) atoms. The zero-order chi connectivity index (χ0) is 13.8. The fraction of sp³-hybridized carbons (Fsp3) is 0.615. The monoisotopic (exact) mass is 261 g/mol. The van der Waals surface area contributed by atoms with Crippen LogP contribution in [0.5, 0.6) is 0 Å². The highest BCUT2D eigenvalue weighted by Crippen LogP contribution is 2.68. The second kappa shape index (κ2) is 3.59. The van der Waals surface area contributed by atoms with Gasteiger partial charge in [0, 0.05) is 6.54 Å². The van der Waals surface area contributed by atoms with Gasteiger partial charge in [-0.1, -0.05) is 27.7 Å². The van der Waals surface area contributed by atoms with Crippen LogP contribution in [-0.4, -0.2) is 26.4 Å². The highest BCUT2D eigenvalue weighted by Gasteiger charge is 2.64. The van der Waals surface area contributed by atoms with Gasteiger partial charge in [0.15, 0.2) is 5.65 Å². The third kappa shape index (κ3) is 1.66. The van der Waals surface area contributed by atoms with E-state index in [1.165, 1.54) is 4.52 Å². The van der Waals surface area contributed by atoms with Crippen molar-refractivity contribution in [3.63, 3.8) is 0 Å². The largest absolute Gasteiger partial charge is 0.368 e. The van der Waals surface area contributed by atoms with Gasteiger partial charge in [-0.05, 0) is 28.9 Å². The number of hydrogen-bond donors (Lipinski definition) is 2. The SMILES string of the molecule is CC1(C)C(CNc2ccc3n[nH]c(=O)n3n2)C1(C)C. The number of fused-ring (bicyclic) bond motifs is 1. The summed E-state index contributed by atoms with van der Waals surface area (Å²) in [6.45, 7) is 10.0. The third-order valence-electron chi connectivity index (χ3n) is 5.08. The smallest absolute Gasteiger partial charge is 0.364 e. The van der Waals surface area contributed by atoms with Gasteiger partial charge >= 0.3 is 5.69 Å². The molecule has 0 radical (unpaired) electrons. The zero-order valence-electron chi connectivity index (χ0n) is 11.7. The normalized spacial score (nSPS) is 20.6. The number of anilines is 1. The van der Waals surface area contributed by atoms with E-state index in [4.69, 9.17) is 0 Å². The molecule has 2 heterocycles. The molecule has 2 aromatic heterocycles. The average molecular weight is 261 g/mol. The Kier molecular flexibility index (Phi) is 2.30. The molecule has 0 amide bonds. The number of hydrogen-bond acceptors (Lipinski definition) is 4. The predicted molar refractivity (Wildman–Crippen MR) is 73.1 cm³/mol. The number of rotatable bonds is 3. The first kappa shape index (κ1) is 12.2. The summed E-state index contributed by atoms with van der Waals surface area (Å²) >= 11 is 0. The highest BCUT2D eigenvalue weighted by molar-refractivity contribution is 5.43. The van der Waals surface area contributed by atoms with Gasteiger partial charge in [-0.25, -0.2) is 9.89 Å². The summed E-state index contributed by atoms with van der Waals surface area (Å²) in [5.41, 5.74) is 0.904. The molecule has 0 aliphatic heterocycles. The number of aromatic amines is 1. The van der Waals surface area contributed by atoms with E-state index in [1.807, 2.05) is 6.07 Å². The first-order valence-corrected chi connectivity index (χ1v) is 6.52. The lowest BCUT2D eigenvalue weighted by Crippen LogP contribution is -2.15. The van der Waals surface area contributed by atoms with Crippen molar-refractivity contribution in [2.45, 2.75) is 27.7 Å². The first-order chi connectivity index (χ1) is 8.84. The first-order valence-electron chi connectivity index (χ1n) is 6.52. The quantitative estimate of drug-likeness (QED) is 0.878. The van der Waals surface area contributed by atoms with Crippen LogP contribution in [0, 0.1) is 16.7 Å². The van der Waals surface area contributed by atoms with Crippen LogP contribution < -0.4 is 11.0 Å². The van der Waals surface area contributed by atoms with Gasteiger partial charge in [0.2, 0.25) is 0 Å². The van der Waals surface area contributed by atoms with Gasteiger partial charge in [-0.3, -0.25) is 0 Å². The molecule has 2 N–H and O–H groups in total. The Morgan fingerprint density at radius 3 is 2.63 bits per heavy atom. The van der Waals surface area contributed by atoms with E-state index in [0.717, 1.165) is 6.54 Å². The van der Waals surface area contributed by atoms with Crippen LogP contribution in [0.3, 0.4) is 0 Å². The minimum atomic E-state index is -0.314. The Balaban J connectivity index is 1.76. The summed E-state index contributed by atoms with van der Waals surface area (Å²) in [6.07, 6.45) is 0. The van der Waals surface area contributed by atoms with Crippen molar-refractivity contribution < 1.29 is 0 Å². The van der Waals surface area contributed by atoms with Crippen molar-refractivity contribution in [1.29, 1.82) is 0 Å². The summed E-state index contributed by atoms with van der Waals surface area (Å²) in [7, 11) is 0. The van der Waals surface area contributed by atoms with Crippen LogP contribution in [0.4, 0.5) is 5.82 Å². The molecular weight excluding hydrogens is 242 g/mol. The zero-order valence-corrected chi connectivity index (χ0v) is 11.7. The van der Waals surface area contributed by atoms with Gasteiger partial charge in [0.1, 0.15) is 5.82 Å². The maximum absolute atomic E-state index is 11.4. The van der Waals surface area contributed by atoms with Gasteiger partial charge in [-0.15, -0.1) is 5.10 Å². The van der Waals surface area contributed by atoms with Crippen LogP contribution in [0.2, 0.25) is 0 Å². The van der Waals surface area contributed by atoms with E-state index in [0.29, 0.717) is 28.2 Å². The minimum Gasteiger partial charge on any atom is -0.368 e. The van der Waals surface area contributed by atoms with Crippen molar-refractivity contribution in [2.75, 3.05) is 11.9 Å². The second-order valence-electron chi connectivity index (χ2n) is 6.39. The molecule has 1 fully saturated rings. The molecule has 1 aliphatic carbocycles. The Bertz CT molecular complexity index is 668. The number of nitrogens with one attached hydrogen (secondary N) is 2. The van der Waals surface area contributed by atoms with Gasteiger partial charge in [0.05, 0.1) is 0 Å². The summed E-state index contributed by atoms with van der Waals surface area (Å²) in [4.78, 5) is 11.4. The topological polar surface area (TPSA) is 75.1 Å². The molecule has 1 saturated carbocycles. The molecule has 3 rings (SSSR count). The fourth-order valence-electron chi connectivity index (χ4n) is 2.95. The van der Waals surface area contributed by atoms with Crippen LogP contribution in [0.25, 0.3) is 5.65 Å². The Morgan fingerprint density at radius 2 is 2.00 bits per heavy atom. The molecule has 0 atom stereocenters. The van der Waals surface area contributed by atoms with Crippen LogP contribution in [0.15, 0.2) is 16.9 Å². The van der Waals surface area contributed by atoms with E-state index < -0.39 is 0 Å². The Morgan fingerprint density at radius 1 is 1.32 bits per heavy atom. The number of nitrogens with zero attached hydrogens (tertiary/aromatic N) is 3. The molecule has 0 bridgehead atoms. The molecule has 6 nitrogen and oxygen atoms in total. The lowest BCUT2D eigenvalue weighted by molar-refractivity contribution is 0.457. The van der Waals surface area contributed by atoms with Gasteiger partial charge < -0.3 is 5.32 Å². The molecular formula is C13H19N5O. The Labute approximate surface area is 111 Å². The molecule has 1 aliphatic rings. The van der Waals surface area contributed by atoms with E-state index in [1.54, 1.807) is 6.07 Å². The van der Waals surface area contributed by atoms with Crippen molar-refractivity contribution in [3.8, 4) is 0 Å². The van der Waals surface area contributed by atoms with Crippen molar-refractivity contribution in [1.82, 2.24) is 19.8 Å². The number of H-pyrrole nitrogens is 1. The standard InChI is InChI=1S/C13H19N5O/c1-12(2)8(13(12,3)4)7-14-9-5-6-10-15-16-11(19)18(10)17-9/h5-6,8H,7H2,1-4H3,(H,14,17)(H,16,19). The van der Waals surface area contributed by atoms with Crippen molar-refractivity contribution >= 4 is 11.5 Å². The van der Waals surface area contributed by atoms with E-state index in [-0.39, 0.29) is 5.69 Å². The van der Waals surface area contributed by atoms with E-state index in [9.17, 15) is 4.79 Å². The molecule has 0 unspecified atom stereocenters. The Hall–Kier alpha value is -1.85. The molecule has 102 valence electrons. The minimum absolute atomic E-state index is 0.314. The molecule has 0 spiro atoms. The number of aromatic nitrogens is 4. The average Bonchev–Trinajstić information content (AvgIpc) is 2.61. The molecule has 0 aromatic carbocycles. The van der Waals surface area contributed by atoms with E-state index in [2.05, 4.69) is 48.3 Å². The van der Waals surface area contributed by atoms with Crippen molar-refractivity contribution in [2.24, 2.45) is 16.7 Å². The van der Waals surface area contributed by atoms with Crippen LogP contribution in [-0.2, 0) is 0 Å². The maximum atomic E-state index is 11.4. The summed E-state index contributed by atoms with van der Waals surface area (Å²) in [6, 6.07) is 3.62. The lowest BCUT2D eigenvalue weighted by atomic mass is 10.0.